The van der Waals surface area contributed by atoms with E-state index in [2.05, 4.69) is 30.9 Å². The van der Waals surface area contributed by atoms with E-state index in [-0.39, 0.29) is 0 Å². The lowest BCUT2D eigenvalue weighted by Crippen LogP contribution is -2.29. The highest BCUT2D eigenvalue weighted by molar-refractivity contribution is 6.33. The van der Waals surface area contributed by atoms with Crippen LogP contribution in [0, 0.1) is 0 Å². The molecule has 0 unspecified atom stereocenters. The lowest BCUT2D eigenvalue weighted by molar-refractivity contribution is 0.204. The summed E-state index contributed by atoms with van der Waals surface area (Å²) in [6.07, 6.45) is 0. The Kier molecular flexibility index (Phi) is 5.51. The largest absolute Gasteiger partial charge is 0.399 e. The van der Waals surface area contributed by atoms with Crippen molar-refractivity contribution >= 4 is 28.9 Å². The topological polar surface area (TPSA) is 29.3 Å². The van der Waals surface area contributed by atoms with Crippen LogP contribution in [-0.4, -0.2) is 10.9 Å². The van der Waals surface area contributed by atoms with Crippen molar-refractivity contribution in [3.8, 4) is 0 Å². The highest BCUT2D eigenvalue weighted by atomic mass is 35.5. The predicted octanol–water partition coefficient (Wildman–Crippen LogP) is 4.99. The smallest absolute Gasteiger partial charge is 0.0452 e. The molecule has 0 aliphatic rings. The number of nitrogen functional groups attached to an aromatic ring is 1. The Morgan fingerprint density at radius 1 is 1.00 bits per heavy atom. The van der Waals surface area contributed by atoms with E-state index in [9.17, 15) is 0 Å². The van der Waals surface area contributed by atoms with Gasteiger partial charge >= 0.3 is 0 Å². The van der Waals surface area contributed by atoms with Gasteiger partial charge in [-0.05, 0) is 55.3 Å². The molecule has 0 heterocycles. The molecule has 0 aliphatic heterocycles. The first kappa shape index (κ1) is 16.2. The molecule has 0 bridgehead atoms. The molecule has 21 heavy (non-hydrogen) atoms. The van der Waals surface area contributed by atoms with E-state index in [4.69, 9.17) is 28.9 Å². The van der Waals surface area contributed by atoms with Crippen molar-refractivity contribution in [1.82, 2.24) is 4.90 Å². The molecule has 0 radical (unpaired) electrons. The van der Waals surface area contributed by atoms with Gasteiger partial charge in [-0.3, -0.25) is 4.90 Å². The quantitative estimate of drug-likeness (QED) is 0.786. The highest BCUT2D eigenvalue weighted by Crippen LogP contribution is 2.23. The fraction of sp³-hybridized carbons (Fsp3) is 0.294. The Labute approximate surface area is 136 Å². The van der Waals surface area contributed by atoms with Crippen LogP contribution in [0.4, 0.5) is 5.69 Å². The zero-order valence-corrected chi connectivity index (χ0v) is 13.8. The van der Waals surface area contributed by atoms with Crippen molar-refractivity contribution in [3.63, 3.8) is 0 Å². The summed E-state index contributed by atoms with van der Waals surface area (Å²) in [5.41, 5.74) is 8.80. The molecule has 2 aromatic carbocycles. The molecular formula is C17H20Cl2N2. The maximum atomic E-state index is 6.27. The van der Waals surface area contributed by atoms with Gasteiger partial charge in [-0.1, -0.05) is 35.3 Å². The summed E-state index contributed by atoms with van der Waals surface area (Å²) in [5, 5.41) is 1.47. The molecule has 0 atom stereocenters. The number of hydrogen-bond acceptors (Lipinski definition) is 2. The second kappa shape index (κ2) is 7.17. The molecule has 112 valence electrons. The molecule has 0 spiro atoms. The van der Waals surface area contributed by atoms with Crippen molar-refractivity contribution in [2.24, 2.45) is 0 Å². The number of nitrogens with zero attached hydrogens (tertiary/aromatic N) is 1. The summed E-state index contributed by atoms with van der Waals surface area (Å²) in [7, 11) is 0. The van der Waals surface area contributed by atoms with E-state index in [1.807, 2.05) is 30.3 Å². The van der Waals surface area contributed by atoms with Crippen molar-refractivity contribution in [2.75, 3.05) is 5.73 Å². The van der Waals surface area contributed by atoms with Crippen molar-refractivity contribution in [1.29, 1.82) is 0 Å². The number of halogens is 2. The van der Waals surface area contributed by atoms with Gasteiger partial charge in [0.05, 0.1) is 0 Å². The third-order valence-electron chi connectivity index (χ3n) is 3.48. The van der Waals surface area contributed by atoms with E-state index < -0.39 is 0 Å². The van der Waals surface area contributed by atoms with Gasteiger partial charge in [-0.2, -0.15) is 0 Å². The van der Waals surface area contributed by atoms with Crippen LogP contribution in [0.3, 0.4) is 0 Å². The molecule has 2 N–H and O–H groups in total. The number of nitrogens with two attached hydrogens (primary N) is 1. The molecule has 0 fully saturated rings. The maximum absolute atomic E-state index is 6.27. The summed E-state index contributed by atoms with van der Waals surface area (Å²) in [6.45, 7) is 5.97. The summed E-state index contributed by atoms with van der Waals surface area (Å²) in [6, 6.07) is 14.0. The Morgan fingerprint density at radius 2 is 1.67 bits per heavy atom. The van der Waals surface area contributed by atoms with Gasteiger partial charge < -0.3 is 5.73 Å². The summed E-state index contributed by atoms with van der Waals surface area (Å²) < 4.78 is 0. The Hall–Kier alpha value is -1.22. The lowest BCUT2D eigenvalue weighted by Gasteiger charge is -2.27. The van der Waals surface area contributed by atoms with Gasteiger partial charge in [0, 0.05) is 34.9 Å². The zero-order chi connectivity index (χ0) is 15.4. The lowest BCUT2D eigenvalue weighted by atomic mass is 10.1. The Balaban J connectivity index is 2.15. The summed E-state index contributed by atoms with van der Waals surface area (Å²) >= 11 is 12.3. The molecule has 0 aromatic heterocycles. The first-order valence-corrected chi connectivity index (χ1v) is 7.73. The fourth-order valence-corrected chi connectivity index (χ4v) is 2.53. The van der Waals surface area contributed by atoms with Crippen LogP contribution in [0.5, 0.6) is 0 Å². The third kappa shape index (κ3) is 4.63. The van der Waals surface area contributed by atoms with Gasteiger partial charge in [0.1, 0.15) is 0 Å². The first-order chi connectivity index (χ1) is 9.95. The second-order valence-electron chi connectivity index (χ2n) is 5.48. The van der Waals surface area contributed by atoms with Gasteiger partial charge in [0.25, 0.3) is 0 Å². The molecule has 2 rings (SSSR count). The van der Waals surface area contributed by atoms with Gasteiger partial charge in [-0.25, -0.2) is 0 Å². The SMILES string of the molecule is CC(C)N(Cc1ccc(N)cc1)Cc1cc(Cl)ccc1Cl. The second-order valence-corrected chi connectivity index (χ2v) is 6.32. The molecule has 0 saturated carbocycles. The van der Waals surface area contributed by atoms with Crippen LogP contribution in [0.2, 0.25) is 10.0 Å². The normalized spacial score (nSPS) is 11.3. The van der Waals surface area contributed by atoms with Crippen molar-refractivity contribution < 1.29 is 0 Å². The molecule has 0 amide bonds. The number of hydrogen-bond donors (Lipinski definition) is 1. The van der Waals surface area contributed by atoms with E-state index >= 15 is 0 Å². The zero-order valence-electron chi connectivity index (χ0n) is 12.3. The van der Waals surface area contributed by atoms with E-state index in [1.165, 1.54) is 5.56 Å². The minimum absolute atomic E-state index is 0.401. The van der Waals surface area contributed by atoms with E-state index in [0.717, 1.165) is 29.4 Å². The fourth-order valence-electron chi connectivity index (χ4n) is 2.16. The molecule has 4 heteroatoms. The van der Waals surface area contributed by atoms with Crippen LogP contribution in [-0.2, 0) is 13.1 Å². The average molecular weight is 323 g/mol. The molecule has 0 aliphatic carbocycles. The Bertz CT molecular complexity index is 594. The standard InChI is InChI=1S/C17H20Cl2N2/c1-12(2)21(10-13-3-6-16(20)7-4-13)11-14-9-15(18)5-8-17(14)19/h3-9,12H,10-11,20H2,1-2H3. The van der Waals surface area contributed by atoms with E-state index in [0.29, 0.717) is 11.1 Å². The third-order valence-corrected chi connectivity index (χ3v) is 4.08. The first-order valence-electron chi connectivity index (χ1n) is 6.98. The van der Waals surface area contributed by atoms with Crippen LogP contribution in [0.1, 0.15) is 25.0 Å². The van der Waals surface area contributed by atoms with Crippen LogP contribution >= 0.6 is 23.2 Å². The highest BCUT2D eigenvalue weighted by Gasteiger charge is 2.13. The van der Waals surface area contributed by atoms with Crippen LogP contribution in [0.15, 0.2) is 42.5 Å². The van der Waals surface area contributed by atoms with Gasteiger partial charge in [0.15, 0.2) is 0 Å². The monoisotopic (exact) mass is 322 g/mol. The molecule has 2 aromatic rings. The van der Waals surface area contributed by atoms with Crippen LogP contribution in [0.25, 0.3) is 0 Å². The van der Waals surface area contributed by atoms with Crippen molar-refractivity contribution in [3.05, 3.63) is 63.6 Å². The number of rotatable bonds is 5. The minimum atomic E-state index is 0.401. The molecule has 2 nitrogen and oxygen atoms in total. The maximum Gasteiger partial charge on any atom is 0.0452 e. The summed E-state index contributed by atoms with van der Waals surface area (Å²) in [4.78, 5) is 2.35. The number of anilines is 1. The van der Waals surface area contributed by atoms with E-state index in [1.54, 1.807) is 0 Å². The Morgan fingerprint density at radius 3 is 2.29 bits per heavy atom. The summed E-state index contributed by atoms with van der Waals surface area (Å²) in [5.74, 6) is 0. The molecule has 0 saturated heterocycles. The average Bonchev–Trinajstić information content (AvgIpc) is 2.44. The van der Waals surface area contributed by atoms with Gasteiger partial charge in [-0.15, -0.1) is 0 Å². The van der Waals surface area contributed by atoms with Gasteiger partial charge in [0.2, 0.25) is 0 Å². The van der Waals surface area contributed by atoms with Crippen molar-refractivity contribution in [2.45, 2.75) is 33.0 Å². The minimum Gasteiger partial charge on any atom is -0.399 e. The number of benzene rings is 2. The van der Waals surface area contributed by atoms with Crippen LogP contribution < -0.4 is 5.73 Å². The molecular weight excluding hydrogens is 303 g/mol. The predicted molar refractivity (Wildman–Crippen MR) is 91.7 cm³/mol.